The second kappa shape index (κ2) is 8.63. The fourth-order valence-corrected chi connectivity index (χ4v) is 3.32. The minimum atomic E-state index is -0.214. The molecule has 1 heterocycles. The smallest absolute Gasteiger partial charge is 0.242 e. The molecule has 0 saturated heterocycles. The molecule has 146 valence electrons. The molecule has 3 rings (SSSR count). The van der Waals surface area contributed by atoms with Crippen molar-refractivity contribution in [1.29, 1.82) is 0 Å². The minimum absolute atomic E-state index is 0.00738. The van der Waals surface area contributed by atoms with Crippen LogP contribution in [0.2, 0.25) is 10.0 Å². The Kier molecular flexibility index (Phi) is 6.21. The van der Waals surface area contributed by atoms with E-state index in [2.05, 4.69) is 10.3 Å². The van der Waals surface area contributed by atoms with Gasteiger partial charge in [-0.25, -0.2) is 4.98 Å². The summed E-state index contributed by atoms with van der Waals surface area (Å²) in [6, 6.07) is 12.8. The average Bonchev–Trinajstić information content (AvgIpc) is 3.02. The number of hydrogen-bond acceptors (Lipinski definition) is 3. The summed E-state index contributed by atoms with van der Waals surface area (Å²) in [5, 5.41) is 3.48. The first-order valence-corrected chi connectivity index (χ1v) is 9.58. The lowest BCUT2D eigenvalue weighted by molar-refractivity contribution is -0.135. The first-order valence-electron chi connectivity index (χ1n) is 8.82. The van der Waals surface area contributed by atoms with Gasteiger partial charge in [0.15, 0.2) is 0 Å². The van der Waals surface area contributed by atoms with Crippen molar-refractivity contribution in [3.8, 4) is 11.4 Å². The molecule has 0 aliphatic heterocycles. The Morgan fingerprint density at radius 1 is 1.14 bits per heavy atom. The molecular formula is C20H20Cl2N4O2. The summed E-state index contributed by atoms with van der Waals surface area (Å²) in [4.78, 5) is 30.6. The fourth-order valence-electron chi connectivity index (χ4n) is 2.93. The standard InChI is InChI=1S/C20H20Cl2N4O2/c1-3-23-17(27)11-25(2)18(28)12-26-16-10-5-4-9-15(16)24-20(26)13-7-6-8-14(21)19(13)22/h4-10H,3,11-12H2,1-2H3,(H,23,27). The Morgan fingerprint density at radius 3 is 2.64 bits per heavy atom. The number of para-hydroxylation sites is 2. The molecule has 0 fully saturated rings. The molecule has 8 heteroatoms. The Labute approximate surface area is 173 Å². The number of carbonyl (C=O) groups excluding carboxylic acids is 2. The largest absolute Gasteiger partial charge is 0.355 e. The van der Waals surface area contributed by atoms with Gasteiger partial charge in [-0.2, -0.15) is 0 Å². The molecule has 0 radical (unpaired) electrons. The van der Waals surface area contributed by atoms with Crippen molar-refractivity contribution < 1.29 is 9.59 Å². The summed E-state index contributed by atoms with van der Waals surface area (Å²) in [5.41, 5.74) is 2.19. The number of amides is 2. The lowest BCUT2D eigenvalue weighted by Gasteiger charge is -2.18. The Hall–Kier alpha value is -2.57. The van der Waals surface area contributed by atoms with E-state index in [0.29, 0.717) is 28.0 Å². The van der Waals surface area contributed by atoms with Crippen LogP contribution in [0.15, 0.2) is 42.5 Å². The van der Waals surface area contributed by atoms with E-state index < -0.39 is 0 Å². The van der Waals surface area contributed by atoms with Crippen molar-refractivity contribution in [2.24, 2.45) is 0 Å². The minimum Gasteiger partial charge on any atom is -0.355 e. The van der Waals surface area contributed by atoms with Gasteiger partial charge < -0.3 is 14.8 Å². The van der Waals surface area contributed by atoms with Gasteiger partial charge in [-0.1, -0.05) is 41.4 Å². The van der Waals surface area contributed by atoms with Gasteiger partial charge in [0.05, 0.1) is 27.6 Å². The number of aromatic nitrogens is 2. The van der Waals surface area contributed by atoms with Crippen LogP contribution < -0.4 is 5.32 Å². The van der Waals surface area contributed by atoms with Gasteiger partial charge in [-0.05, 0) is 31.2 Å². The van der Waals surface area contributed by atoms with Crippen molar-refractivity contribution >= 4 is 46.0 Å². The van der Waals surface area contributed by atoms with E-state index in [1.807, 2.05) is 37.3 Å². The zero-order chi connectivity index (χ0) is 20.3. The first-order chi connectivity index (χ1) is 13.4. The predicted octanol–water partition coefficient (Wildman–Crippen LogP) is 3.60. The van der Waals surface area contributed by atoms with E-state index in [0.717, 1.165) is 11.0 Å². The van der Waals surface area contributed by atoms with Crippen molar-refractivity contribution in [2.75, 3.05) is 20.1 Å². The van der Waals surface area contributed by atoms with Crippen molar-refractivity contribution in [3.05, 3.63) is 52.5 Å². The maximum atomic E-state index is 12.8. The Morgan fingerprint density at radius 2 is 1.89 bits per heavy atom. The second-order valence-electron chi connectivity index (χ2n) is 6.31. The number of nitrogens with zero attached hydrogens (tertiary/aromatic N) is 3. The normalized spacial score (nSPS) is 10.9. The number of halogens is 2. The van der Waals surface area contributed by atoms with Gasteiger partial charge in [0.2, 0.25) is 11.8 Å². The number of nitrogens with one attached hydrogen (secondary N) is 1. The lowest BCUT2D eigenvalue weighted by atomic mass is 10.2. The van der Waals surface area contributed by atoms with E-state index >= 15 is 0 Å². The van der Waals surface area contributed by atoms with Crippen molar-refractivity contribution in [2.45, 2.75) is 13.5 Å². The number of likely N-dealkylation sites (N-methyl/N-ethyl adjacent to an activating group) is 2. The predicted molar refractivity (Wildman–Crippen MR) is 112 cm³/mol. The third-order valence-electron chi connectivity index (χ3n) is 4.32. The number of benzene rings is 2. The average molecular weight is 419 g/mol. The highest BCUT2D eigenvalue weighted by atomic mass is 35.5. The highest BCUT2D eigenvalue weighted by Gasteiger charge is 2.20. The fraction of sp³-hybridized carbons (Fsp3) is 0.250. The molecule has 1 N–H and O–H groups in total. The van der Waals surface area contributed by atoms with Crippen LogP contribution in [0.4, 0.5) is 0 Å². The number of fused-ring (bicyclic) bond motifs is 1. The quantitative estimate of drug-likeness (QED) is 0.664. The van der Waals surface area contributed by atoms with Crippen LogP contribution in [0.25, 0.3) is 22.4 Å². The van der Waals surface area contributed by atoms with E-state index in [1.165, 1.54) is 4.90 Å². The molecule has 1 aromatic heterocycles. The zero-order valence-electron chi connectivity index (χ0n) is 15.6. The van der Waals surface area contributed by atoms with Crippen LogP contribution in [-0.4, -0.2) is 46.4 Å². The summed E-state index contributed by atoms with van der Waals surface area (Å²) in [6.45, 7) is 2.37. The molecule has 6 nitrogen and oxygen atoms in total. The third-order valence-corrected chi connectivity index (χ3v) is 5.14. The number of imidazole rings is 1. The molecule has 28 heavy (non-hydrogen) atoms. The summed E-state index contributed by atoms with van der Waals surface area (Å²) < 4.78 is 1.80. The summed E-state index contributed by atoms with van der Waals surface area (Å²) in [6.07, 6.45) is 0. The number of hydrogen-bond donors (Lipinski definition) is 1. The molecule has 0 bridgehead atoms. The van der Waals surface area contributed by atoms with E-state index in [4.69, 9.17) is 23.2 Å². The Balaban J connectivity index is 1.99. The maximum Gasteiger partial charge on any atom is 0.242 e. The van der Waals surface area contributed by atoms with Crippen LogP contribution in [0.5, 0.6) is 0 Å². The molecule has 0 aliphatic rings. The van der Waals surface area contributed by atoms with E-state index in [1.54, 1.807) is 23.7 Å². The van der Waals surface area contributed by atoms with Crippen molar-refractivity contribution in [1.82, 2.24) is 19.8 Å². The van der Waals surface area contributed by atoms with Gasteiger partial charge in [0.1, 0.15) is 12.4 Å². The maximum absolute atomic E-state index is 12.8. The number of rotatable bonds is 6. The molecule has 3 aromatic rings. The lowest BCUT2D eigenvalue weighted by Crippen LogP contribution is -2.39. The molecule has 2 aromatic carbocycles. The highest BCUT2D eigenvalue weighted by Crippen LogP contribution is 2.34. The molecule has 0 atom stereocenters. The van der Waals surface area contributed by atoms with Gasteiger partial charge in [0.25, 0.3) is 0 Å². The molecular weight excluding hydrogens is 399 g/mol. The first kappa shape index (κ1) is 20.2. The van der Waals surface area contributed by atoms with Gasteiger partial charge in [-0.3, -0.25) is 9.59 Å². The van der Waals surface area contributed by atoms with Crippen LogP contribution in [0.1, 0.15) is 6.92 Å². The second-order valence-corrected chi connectivity index (χ2v) is 7.10. The zero-order valence-corrected chi connectivity index (χ0v) is 17.1. The van der Waals surface area contributed by atoms with Crippen LogP contribution >= 0.6 is 23.2 Å². The molecule has 0 saturated carbocycles. The van der Waals surface area contributed by atoms with Gasteiger partial charge in [0, 0.05) is 19.2 Å². The van der Waals surface area contributed by atoms with E-state index in [-0.39, 0.29) is 24.9 Å². The summed E-state index contributed by atoms with van der Waals surface area (Å²) in [7, 11) is 1.60. The number of carbonyl (C=O) groups is 2. The third kappa shape index (κ3) is 4.13. The van der Waals surface area contributed by atoms with Crippen LogP contribution in [0, 0.1) is 0 Å². The molecule has 0 unspecified atom stereocenters. The summed E-state index contributed by atoms with van der Waals surface area (Å²) >= 11 is 12.6. The topological polar surface area (TPSA) is 67.2 Å². The van der Waals surface area contributed by atoms with Gasteiger partial charge >= 0.3 is 0 Å². The van der Waals surface area contributed by atoms with Crippen molar-refractivity contribution in [3.63, 3.8) is 0 Å². The van der Waals surface area contributed by atoms with Crippen LogP contribution in [-0.2, 0) is 16.1 Å². The monoisotopic (exact) mass is 418 g/mol. The van der Waals surface area contributed by atoms with E-state index in [9.17, 15) is 9.59 Å². The molecule has 0 aliphatic carbocycles. The van der Waals surface area contributed by atoms with Crippen LogP contribution in [0.3, 0.4) is 0 Å². The highest BCUT2D eigenvalue weighted by molar-refractivity contribution is 6.43. The Bertz CT molecular complexity index is 1030. The molecule has 2 amide bonds. The van der Waals surface area contributed by atoms with Gasteiger partial charge in [-0.15, -0.1) is 0 Å². The SMILES string of the molecule is CCNC(=O)CN(C)C(=O)Cn1c(-c2cccc(Cl)c2Cl)nc2ccccc21. The molecule has 0 spiro atoms. The summed E-state index contributed by atoms with van der Waals surface area (Å²) in [5.74, 6) is 0.134.